The van der Waals surface area contributed by atoms with E-state index in [1.807, 2.05) is 0 Å². The second-order valence-corrected chi connectivity index (χ2v) is 9.87. The van der Waals surface area contributed by atoms with Crippen LogP contribution < -0.4 is 10.6 Å². The molecule has 0 saturated carbocycles. The Hall–Kier alpha value is -2.67. The summed E-state index contributed by atoms with van der Waals surface area (Å²) >= 11 is 1.69. The molecule has 30 heavy (non-hydrogen) atoms. The number of hydrogen-bond donors (Lipinski definition) is 2. The van der Waals surface area contributed by atoms with Gasteiger partial charge in [0.2, 0.25) is 0 Å². The van der Waals surface area contributed by atoms with Crippen LogP contribution in [0.15, 0.2) is 30.3 Å². The van der Waals surface area contributed by atoms with E-state index in [0.717, 1.165) is 36.2 Å². The molecule has 0 bridgehead atoms. The number of hydrogen-bond acceptors (Lipinski definition) is 5. The van der Waals surface area contributed by atoms with Crippen LogP contribution in [0.2, 0.25) is 0 Å². The number of rotatable bonds is 5. The Kier molecular flexibility index (Phi) is 5.40. The highest BCUT2D eigenvalue weighted by Gasteiger charge is 2.36. The first kappa shape index (κ1) is 20.6. The molecule has 0 fully saturated rings. The van der Waals surface area contributed by atoms with Crippen molar-refractivity contribution >= 4 is 34.0 Å². The summed E-state index contributed by atoms with van der Waals surface area (Å²) in [5, 5.41) is 18.5. The van der Waals surface area contributed by atoms with Gasteiger partial charge in [0.1, 0.15) is 11.2 Å². The topological polar surface area (TPSA) is 84.3 Å². The Labute approximate surface area is 180 Å². The van der Waals surface area contributed by atoms with Crippen LogP contribution in [0.3, 0.4) is 0 Å². The number of nitrogens with zero attached hydrogens (tertiary/aromatic N) is 1. The maximum Gasteiger partial charge on any atom is 0.276 e. The van der Waals surface area contributed by atoms with Crippen molar-refractivity contribution in [3.05, 3.63) is 62.0 Å². The van der Waals surface area contributed by atoms with Crippen LogP contribution in [-0.2, 0) is 12.8 Å². The molecule has 1 amide bonds. The number of amides is 1. The average molecular weight is 426 g/mol. The highest BCUT2D eigenvalue weighted by Crippen LogP contribution is 2.46. The van der Waals surface area contributed by atoms with Gasteiger partial charge < -0.3 is 10.6 Å². The average Bonchev–Trinajstić information content (AvgIpc) is 3.10. The van der Waals surface area contributed by atoms with E-state index < -0.39 is 11.1 Å². The third-order valence-electron chi connectivity index (χ3n) is 6.68. The van der Waals surface area contributed by atoms with Crippen LogP contribution in [0, 0.1) is 21.4 Å². The molecule has 2 atom stereocenters. The van der Waals surface area contributed by atoms with Gasteiger partial charge in [-0.2, -0.15) is 0 Å². The van der Waals surface area contributed by atoms with Crippen LogP contribution in [0.25, 0.3) is 6.08 Å². The molecule has 6 nitrogen and oxygen atoms in total. The Bertz CT molecular complexity index is 1020. The minimum atomic E-state index is -0.397. The summed E-state index contributed by atoms with van der Waals surface area (Å²) in [6.45, 7) is 6.92. The van der Waals surface area contributed by atoms with Crippen LogP contribution in [0.5, 0.6) is 0 Å². The molecule has 2 aliphatic rings. The predicted octanol–water partition coefficient (Wildman–Crippen LogP) is 5.39. The zero-order valence-corrected chi connectivity index (χ0v) is 18.3. The molecule has 1 aliphatic heterocycles. The number of carbonyl (C=O) groups excluding carboxylic acids is 1. The van der Waals surface area contributed by atoms with Crippen molar-refractivity contribution in [3.63, 3.8) is 0 Å². The molecule has 0 saturated heterocycles. The normalized spacial score (nSPS) is 21.0. The molecule has 2 N–H and O–H groups in total. The molecular formula is C23H27N3O3S. The van der Waals surface area contributed by atoms with Gasteiger partial charge in [-0.3, -0.25) is 14.9 Å². The summed E-state index contributed by atoms with van der Waals surface area (Å²) in [7, 11) is 0. The molecule has 0 radical (unpaired) electrons. The second-order valence-electron chi connectivity index (χ2n) is 8.76. The second kappa shape index (κ2) is 7.87. The quantitative estimate of drug-likeness (QED) is 0.497. The van der Waals surface area contributed by atoms with Crippen molar-refractivity contribution in [1.29, 1.82) is 0 Å². The molecular weight excluding hydrogens is 398 g/mol. The van der Waals surface area contributed by atoms with Crippen molar-refractivity contribution in [3.8, 4) is 0 Å². The smallest absolute Gasteiger partial charge is 0.276 e. The fraction of sp³-hybridized carbons (Fsp3) is 0.435. The van der Waals surface area contributed by atoms with Gasteiger partial charge in [0.15, 0.2) is 0 Å². The van der Waals surface area contributed by atoms with Crippen LogP contribution in [0.4, 0.5) is 10.7 Å². The molecule has 0 unspecified atom stereocenters. The van der Waals surface area contributed by atoms with Crippen LogP contribution in [0.1, 0.15) is 60.0 Å². The first-order valence-electron chi connectivity index (χ1n) is 10.4. The van der Waals surface area contributed by atoms with Crippen molar-refractivity contribution in [2.75, 3.05) is 5.32 Å². The van der Waals surface area contributed by atoms with E-state index in [9.17, 15) is 14.9 Å². The lowest BCUT2D eigenvalue weighted by Gasteiger charge is -2.36. The fourth-order valence-corrected chi connectivity index (χ4v) is 5.73. The van der Waals surface area contributed by atoms with Crippen molar-refractivity contribution in [2.24, 2.45) is 11.3 Å². The third kappa shape index (κ3) is 3.74. The lowest BCUT2D eigenvalue weighted by Crippen LogP contribution is -2.43. The van der Waals surface area contributed by atoms with Crippen molar-refractivity contribution in [2.45, 2.75) is 52.6 Å². The Morgan fingerprint density at radius 3 is 2.80 bits per heavy atom. The maximum atomic E-state index is 12.9. The number of nitrogens with one attached hydrogen (secondary N) is 2. The van der Waals surface area contributed by atoms with Gasteiger partial charge in [0.25, 0.3) is 11.6 Å². The van der Waals surface area contributed by atoms with Gasteiger partial charge >= 0.3 is 0 Å². The molecule has 4 rings (SSSR count). The lowest BCUT2D eigenvalue weighted by atomic mass is 9.69. The molecule has 1 aliphatic carbocycles. The van der Waals surface area contributed by atoms with E-state index >= 15 is 0 Å². The summed E-state index contributed by atoms with van der Waals surface area (Å²) in [5.41, 5.74) is 2.85. The predicted molar refractivity (Wildman–Crippen MR) is 121 cm³/mol. The first-order chi connectivity index (χ1) is 14.3. The van der Waals surface area contributed by atoms with E-state index in [1.54, 1.807) is 41.7 Å². The lowest BCUT2D eigenvalue weighted by molar-refractivity contribution is -0.385. The van der Waals surface area contributed by atoms with Crippen molar-refractivity contribution in [1.82, 2.24) is 5.32 Å². The Morgan fingerprint density at radius 2 is 2.07 bits per heavy atom. The number of carbonyl (C=O) groups is 1. The summed E-state index contributed by atoms with van der Waals surface area (Å²) < 4.78 is 0. The highest BCUT2D eigenvalue weighted by molar-refractivity contribution is 7.16. The molecule has 7 heteroatoms. The summed E-state index contributed by atoms with van der Waals surface area (Å²) in [6.07, 6.45) is 7.30. The third-order valence-corrected chi connectivity index (χ3v) is 7.87. The fourth-order valence-electron chi connectivity index (χ4n) is 4.37. The SMILES string of the molecule is CCC(C)(C)[C@H]1CCc2c(sc3c2C(=O)N[C@H](/C=C/c2ccccc2[N+](=O)[O-])N3)C1. The Balaban J connectivity index is 1.56. The number of thiophene rings is 1. The van der Waals surface area contributed by atoms with Crippen LogP contribution >= 0.6 is 11.3 Å². The number of nitro groups is 1. The van der Waals surface area contributed by atoms with Gasteiger partial charge in [-0.1, -0.05) is 39.3 Å². The van der Waals surface area contributed by atoms with Gasteiger partial charge in [-0.25, -0.2) is 0 Å². The molecule has 1 aromatic heterocycles. The van der Waals surface area contributed by atoms with Crippen LogP contribution in [-0.4, -0.2) is 17.0 Å². The standard InChI is InChI=1S/C23H27N3O3S/c1-4-23(2,3)15-10-11-16-18(13-15)30-22-20(16)21(27)24-19(25-22)12-9-14-7-5-6-8-17(14)26(28)29/h5-9,12,15,19,25H,4,10-11,13H2,1-3H3,(H,24,27)/b12-9+/t15-,19-/m0/s1. The Morgan fingerprint density at radius 1 is 1.30 bits per heavy atom. The zero-order valence-electron chi connectivity index (χ0n) is 17.5. The number of para-hydroxylation sites is 1. The monoisotopic (exact) mass is 425 g/mol. The van der Waals surface area contributed by atoms with E-state index in [1.165, 1.54) is 16.5 Å². The number of benzene rings is 1. The molecule has 1 aromatic carbocycles. The van der Waals surface area contributed by atoms with Gasteiger partial charge in [0.05, 0.1) is 16.1 Å². The summed E-state index contributed by atoms with van der Waals surface area (Å²) in [6, 6.07) is 6.58. The summed E-state index contributed by atoms with van der Waals surface area (Å²) in [4.78, 5) is 25.0. The van der Waals surface area contributed by atoms with E-state index in [-0.39, 0.29) is 11.6 Å². The number of anilines is 1. The zero-order chi connectivity index (χ0) is 21.5. The van der Waals surface area contributed by atoms with E-state index in [0.29, 0.717) is 16.9 Å². The maximum absolute atomic E-state index is 12.9. The molecule has 158 valence electrons. The van der Waals surface area contributed by atoms with Gasteiger partial charge in [0, 0.05) is 10.9 Å². The molecule has 2 aromatic rings. The number of nitro benzene ring substituents is 1. The highest BCUT2D eigenvalue weighted by atomic mass is 32.1. The first-order valence-corrected chi connectivity index (χ1v) is 11.3. The van der Waals surface area contributed by atoms with Crippen molar-refractivity contribution < 1.29 is 9.72 Å². The minimum Gasteiger partial charge on any atom is -0.353 e. The minimum absolute atomic E-state index is 0.0488. The van der Waals surface area contributed by atoms with Gasteiger partial charge in [-0.05, 0) is 54.4 Å². The molecule has 0 spiro atoms. The van der Waals surface area contributed by atoms with E-state index in [2.05, 4.69) is 31.4 Å². The number of fused-ring (bicyclic) bond motifs is 3. The summed E-state index contributed by atoms with van der Waals surface area (Å²) in [5.74, 6) is 0.569. The van der Waals surface area contributed by atoms with Gasteiger partial charge in [-0.15, -0.1) is 11.3 Å². The van der Waals surface area contributed by atoms with E-state index in [4.69, 9.17) is 0 Å². The largest absolute Gasteiger partial charge is 0.353 e. The molecule has 2 heterocycles.